The Morgan fingerprint density at radius 3 is 2.29 bits per heavy atom. The lowest BCUT2D eigenvalue weighted by Gasteiger charge is -2.32. The number of rotatable bonds is 8. The molecule has 168 valence electrons. The van der Waals surface area contributed by atoms with Crippen LogP contribution in [-0.4, -0.2) is 34.0 Å². The molecule has 0 spiro atoms. The summed E-state index contributed by atoms with van der Waals surface area (Å²) in [5.41, 5.74) is 0.662. The number of nitrogens with one attached hydrogen (secondary N) is 1. The minimum atomic E-state index is -0.742. The summed E-state index contributed by atoms with van der Waals surface area (Å²) >= 11 is 13.9. The second-order valence-corrected chi connectivity index (χ2v) is 10.0. The zero-order valence-corrected chi connectivity index (χ0v) is 20.4. The van der Waals surface area contributed by atoms with Gasteiger partial charge in [-0.25, -0.2) is 4.39 Å². The highest BCUT2D eigenvalue weighted by Crippen LogP contribution is 2.27. The summed E-state index contributed by atoms with van der Waals surface area (Å²) in [6.45, 7) is 7.39. The molecule has 2 aromatic rings. The van der Waals surface area contributed by atoms with Gasteiger partial charge in [0.15, 0.2) is 0 Å². The molecule has 2 aromatic carbocycles. The first-order valence-electron chi connectivity index (χ1n) is 9.85. The van der Waals surface area contributed by atoms with Gasteiger partial charge in [0, 0.05) is 33.4 Å². The molecule has 0 heterocycles. The number of halogens is 3. The van der Waals surface area contributed by atoms with Gasteiger partial charge >= 0.3 is 0 Å². The van der Waals surface area contributed by atoms with Crippen LogP contribution >= 0.6 is 35.0 Å². The van der Waals surface area contributed by atoms with E-state index in [9.17, 15) is 14.0 Å². The summed E-state index contributed by atoms with van der Waals surface area (Å²) < 4.78 is 13.8. The highest BCUT2D eigenvalue weighted by atomic mass is 35.5. The number of thioether (sulfide) groups is 1. The lowest BCUT2D eigenvalue weighted by molar-refractivity contribution is -0.139. The maximum absolute atomic E-state index is 13.8. The SMILES string of the molecule is C[C@H](C(=O)NC(C)(C)C)N(Cc1c(Cl)cccc1Cl)C(=O)CSCc1ccccc1F. The molecule has 0 saturated carbocycles. The molecule has 0 unspecified atom stereocenters. The van der Waals surface area contributed by atoms with Gasteiger partial charge < -0.3 is 10.2 Å². The number of amides is 2. The molecule has 2 rings (SSSR count). The van der Waals surface area contributed by atoms with E-state index in [0.29, 0.717) is 26.9 Å². The highest BCUT2D eigenvalue weighted by molar-refractivity contribution is 7.99. The van der Waals surface area contributed by atoms with E-state index in [2.05, 4.69) is 5.32 Å². The standard InChI is InChI=1S/C23H27Cl2FN2O2S/c1-15(22(30)27-23(2,3)4)28(12-17-18(24)9-7-10-19(17)25)21(29)14-31-13-16-8-5-6-11-20(16)26/h5-11,15H,12-14H2,1-4H3,(H,27,30)/t15-/m1/s1. The van der Waals surface area contributed by atoms with Gasteiger partial charge in [-0.2, -0.15) is 0 Å². The van der Waals surface area contributed by atoms with Crippen LogP contribution in [0.15, 0.2) is 42.5 Å². The van der Waals surface area contributed by atoms with E-state index in [0.717, 1.165) is 0 Å². The Morgan fingerprint density at radius 2 is 1.71 bits per heavy atom. The highest BCUT2D eigenvalue weighted by Gasteiger charge is 2.29. The van der Waals surface area contributed by atoms with Crippen LogP contribution in [-0.2, 0) is 21.9 Å². The van der Waals surface area contributed by atoms with E-state index in [4.69, 9.17) is 23.2 Å². The Morgan fingerprint density at radius 1 is 1.10 bits per heavy atom. The van der Waals surface area contributed by atoms with Crippen molar-refractivity contribution in [1.82, 2.24) is 10.2 Å². The van der Waals surface area contributed by atoms with Gasteiger partial charge in [-0.15, -0.1) is 11.8 Å². The average molecular weight is 485 g/mol. The second-order valence-electron chi connectivity index (χ2n) is 8.22. The van der Waals surface area contributed by atoms with E-state index in [-0.39, 0.29) is 29.9 Å². The van der Waals surface area contributed by atoms with Gasteiger partial charge in [0.2, 0.25) is 11.8 Å². The minimum Gasteiger partial charge on any atom is -0.350 e. The van der Waals surface area contributed by atoms with Crippen molar-refractivity contribution in [2.45, 2.75) is 51.6 Å². The van der Waals surface area contributed by atoms with Crippen LogP contribution in [0.4, 0.5) is 4.39 Å². The zero-order chi connectivity index (χ0) is 23.2. The van der Waals surface area contributed by atoms with Crippen molar-refractivity contribution in [2.75, 3.05) is 5.75 Å². The molecule has 2 amide bonds. The normalized spacial score (nSPS) is 12.4. The molecule has 0 aliphatic rings. The van der Waals surface area contributed by atoms with Gasteiger partial charge in [0.1, 0.15) is 11.9 Å². The van der Waals surface area contributed by atoms with Crippen molar-refractivity contribution < 1.29 is 14.0 Å². The predicted molar refractivity (Wildman–Crippen MR) is 127 cm³/mol. The summed E-state index contributed by atoms with van der Waals surface area (Å²) in [4.78, 5) is 27.3. The van der Waals surface area contributed by atoms with Crippen LogP contribution in [0, 0.1) is 5.82 Å². The third-order valence-corrected chi connectivity index (χ3v) is 6.17. The number of benzene rings is 2. The van der Waals surface area contributed by atoms with Gasteiger partial charge in [0.05, 0.1) is 5.75 Å². The minimum absolute atomic E-state index is 0.0868. The van der Waals surface area contributed by atoms with Crippen molar-refractivity contribution in [3.8, 4) is 0 Å². The van der Waals surface area contributed by atoms with Crippen LogP contribution in [0.3, 0.4) is 0 Å². The number of carbonyl (C=O) groups excluding carboxylic acids is 2. The Hall–Kier alpha value is -1.76. The fourth-order valence-corrected chi connectivity index (χ4v) is 4.27. The molecule has 0 bridgehead atoms. The van der Waals surface area contributed by atoms with E-state index in [1.165, 1.54) is 22.7 Å². The quantitative estimate of drug-likeness (QED) is 0.522. The maximum Gasteiger partial charge on any atom is 0.242 e. The summed E-state index contributed by atoms with van der Waals surface area (Å²) in [6, 6.07) is 10.8. The molecule has 8 heteroatoms. The molecule has 0 radical (unpaired) electrons. The smallest absolute Gasteiger partial charge is 0.242 e. The van der Waals surface area contributed by atoms with Crippen LogP contribution in [0.1, 0.15) is 38.8 Å². The Labute approximate surface area is 197 Å². The first kappa shape index (κ1) is 25.5. The van der Waals surface area contributed by atoms with Gasteiger partial charge in [0.25, 0.3) is 0 Å². The molecule has 31 heavy (non-hydrogen) atoms. The number of carbonyl (C=O) groups is 2. The third kappa shape index (κ3) is 7.70. The number of hydrogen-bond donors (Lipinski definition) is 1. The van der Waals surface area contributed by atoms with Gasteiger partial charge in [-0.3, -0.25) is 9.59 Å². The molecule has 0 aromatic heterocycles. The van der Waals surface area contributed by atoms with Crippen molar-refractivity contribution in [1.29, 1.82) is 0 Å². The van der Waals surface area contributed by atoms with Gasteiger partial charge in [-0.05, 0) is 51.5 Å². The monoisotopic (exact) mass is 484 g/mol. The molecule has 0 aliphatic heterocycles. The summed E-state index contributed by atoms with van der Waals surface area (Å²) in [7, 11) is 0. The largest absolute Gasteiger partial charge is 0.350 e. The molecular formula is C23H27Cl2FN2O2S. The summed E-state index contributed by atoms with van der Waals surface area (Å²) in [6.07, 6.45) is 0. The predicted octanol–water partition coefficient (Wildman–Crippen LogP) is 5.70. The van der Waals surface area contributed by atoms with Crippen LogP contribution in [0.2, 0.25) is 10.0 Å². The maximum atomic E-state index is 13.8. The second kappa shape index (κ2) is 11.2. The molecule has 1 atom stereocenters. The molecule has 0 aliphatic carbocycles. The summed E-state index contributed by atoms with van der Waals surface area (Å²) in [5, 5.41) is 3.75. The fraction of sp³-hybridized carbons (Fsp3) is 0.391. The lowest BCUT2D eigenvalue weighted by Crippen LogP contribution is -2.52. The molecule has 4 nitrogen and oxygen atoms in total. The van der Waals surface area contributed by atoms with Crippen molar-refractivity contribution in [2.24, 2.45) is 0 Å². The van der Waals surface area contributed by atoms with Gasteiger partial charge in [-0.1, -0.05) is 47.5 Å². The topological polar surface area (TPSA) is 49.4 Å². The first-order chi connectivity index (χ1) is 14.5. The van der Waals surface area contributed by atoms with E-state index >= 15 is 0 Å². The summed E-state index contributed by atoms with van der Waals surface area (Å²) in [5.74, 6) is -0.400. The van der Waals surface area contributed by atoms with Crippen molar-refractivity contribution in [3.63, 3.8) is 0 Å². The Kier molecular flexibility index (Phi) is 9.22. The van der Waals surface area contributed by atoms with Crippen LogP contribution in [0.5, 0.6) is 0 Å². The van der Waals surface area contributed by atoms with E-state index < -0.39 is 11.6 Å². The third-order valence-electron chi connectivity index (χ3n) is 4.50. The lowest BCUT2D eigenvalue weighted by atomic mass is 10.1. The molecule has 1 N–H and O–H groups in total. The zero-order valence-electron chi connectivity index (χ0n) is 18.0. The van der Waals surface area contributed by atoms with E-state index in [1.807, 2.05) is 20.8 Å². The van der Waals surface area contributed by atoms with E-state index in [1.54, 1.807) is 43.3 Å². The van der Waals surface area contributed by atoms with Crippen molar-refractivity contribution >= 4 is 46.8 Å². The molecular weight excluding hydrogens is 458 g/mol. The molecule has 0 fully saturated rings. The average Bonchev–Trinajstić information content (AvgIpc) is 2.67. The van der Waals surface area contributed by atoms with Crippen LogP contribution < -0.4 is 5.32 Å². The van der Waals surface area contributed by atoms with Crippen molar-refractivity contribution in [3.05, 3.63) is 69.5 Å². The fourth-order valence-electron chi connectivity index (χ4n) is 2.86. The Balaban J connectivity index is 2.18. The number of nitrogens with zero attached hydrogens (tertiary/aromatic N) is 1. The Bertz CT molecular complexity index is 914. The molecule has 0 saturated heterocycles. The number of hydrogen-bond acceptors (Lipinski definition) is 3. The van der Waals surface area contributed by atoms with Crippen LogP contribution in [0.25, 0.3) is 0 Å². The first-order valence-corrected chi connectivity index (χ1v) is 11.8.